The van der Waals surface area contributed by atoms with E-state index in [0.717, 1.165) is 0 Å². The molecular weight excluding hydrogens is 305 g/mol. The molecule has 0 aromatic carbocycles. The first-order valence-electron chi connectivity index (χ1n) is 6.79. The van der Waals surface area contributed by atoms with Crippen molar-refractivity contribution in [2.24, 2.45) is 5.41 Å². The molecule has 0 unspecified atom stereocenters. The van der Waals surface area contributed by atoms with Crippen LogP contribution in [-0.2, 0) is 6.54 Å². The van der Waals surface area contributed by atoms with Crippen LogP contribution in [0, 0.1) is 11.4 Å². The first-order chi connectivity index (χ1) is 10.3. The Kier molecular flexibility index (Phi) is 4.75. The van der Waals surface area contributed by atoms with Crippen LogP contribution in [0.5, 0.6) is 0 Å². The molecule has 0 bridgehead atoms. The molecule has 22 heavy (non-hydrogen) atoms. The molecular formula is C15H18FN3O2S. The molecule has 0 spiro atoms. The van der Waals surface area contributed by atoms with Crippen LogP contribution < -0.4 is 0 Å². The lowest BCUT2D eigenvalue weighted by Crippen LogP contribution is -2.36. The van der Waals surface area contributed by atoms with Crippen LogP contribution in [0.3, 0.4) is 0 Å². The summed E-state index contributed by atoms with van der Waals surface area (Å²) >= 11 is 1.31. The van der Waals surface area contributed by atoms with Crippen LogP contribution >= 0.6 is 11.3 Å². The number of halogens is 1. The SMILES string of the molecule is CC(C)(C)CN(Cc1nc(-c2cccnc2F)cs1)C(=O)O. The number of hydrogen-bond acceptors (Lipinski definition) is 4. The molecule has 0 saturated carbocycles. The Morgan fingerprint density at radius 3 is 2.77 bits per heavy atom. The smallest absolute Gasteiger partial charge is 0.407 e. The Morgan fingerprint density at radius 1 is 1.45 bits per heavy atom. The number of pyridine rings is 1. The molecule has 0 aliphatic carbocycles. The first-order valence-corrected chi connectivity index (χ1v) is 7.67. The molecule has 2 heterocycles. The highest BCUT2D eigenvalue weighted by atomic mass is 32.1. The summed E-state index contributed by atoms with van der Waals surface area (Å²) in [6.45, 7) is 6.52. The Labute approximate surface area is 132 Å². The van der Waals surface area contributed by atoms with Gasteiger partial charge >= 0.3 is 6.09 Å². The van der Waals surface area contributed by atoms with Crippen molar-refractivity contribution in [1.29, 1.82) is 0 Å². The molecule has 0 radical (unpaired) electrons. The molecule has 0 aliphatic rings. The summed E-state index contributed by atoms with van der Waals surface area (Å²) in [6, 6.07) is 3.24. The number of hydrogen-bond donors (Lipinski definition) is 1. The number of amides is 1. The summed E-state index contributed by atoms with van der Waals surface area (Å²) in [5, 5.41) is 11.6. The summed E-state index contributed by atoms with van der Waals surface area (Å²) in [4.78, 5) is 20.6. The van der Waals surface area contributed by atoms with E-state index in [1.807, 2.05) is 20.8 Å². The maximum Gasteiger partial charge on any atom is 0.407 e. The summed E-state index contributed by atoms with van der Waals surface area (Å²) in [7, 11) is 0. The fourth-order valence-electron chi connectivity index (χ4n) is 2.01. The molecule has 118 valence electrons. The van der Waals surface area contributed by atoms with Gasteiger partial charge in [-0.05, 0) is 17.5 Å². The van der Waals surface area contributed by atoms with Gasteiger partial charge < -0.3 is 10.0 Å². The first kappa shape index (κ1) is 16.4. The molecule has 5 nitrogen and oxygen atoms in total. The van der Waals surface area contributed by atoms with Gasteiger partial charge in [-0.2, -0.15) is 4.39 Å². The minimum Gasteiger partial charge on any atom is -0.465 e. The van der Waals surface area contributed by atoms with Gasteiger partial charge in [-0.15, -0.1) is 11.3 Å². The van der Waals surface area contributed by atoms with Crippen molar-refractivity contribution < 1.29 is 14.3 Å². The number of thiazole rings is 1. The maximum atomic E-state index is 13.6. The van der Waals surface area contributed by atoms with Crippen LogP contribution in [0.1, 0.15) is 25.8 Å². The van der Waals surface area contributed by atoms with Crippen LogP contribution in [0.15, 0.2) is 23.7 Å². The van der Waals surface area contributed by atoms with Crippen molar-refractivity contribution in [3.05, 3.63) is 34.7 Å². The van der Waals surface area contributed by atoms with E-state index in [0.29, 0.717) is 22.8 Å². The average Bonchev–Trinajstić information content (AvgIpc) is 2.85. The van der Waals surface area contributed by atoms with Gasteiger partial charge in [0, 0.05) is 18.1 Å². The van der Waals surface area contributed by atoms with Gasteiger partial charge in [0.1, 0.15) is 5.01 Å². The fraction of sp³-hybridized carbons (Fsp3) is 0.400. The van der Waals surface area contributed by atoms with E-state index >= 15 is 0 Å². The van der Waals surface area contributed by atoms with Gasteiger partial charge in [0.15, 0.2) is 0 Å². The molecule has 2 aromatic heterocycles. The van der Waals surface area contributed by atoms with Gasteiger partial charge in [-0.25, -0.2) is 14.8 Å². The monoisotopic (exact) mass is 323 g/mol. The summed E-state index contributed by atoms with van der Waals surface area (Å²) in [5.74, 6) is -0.580. The van der Waals surface area contributed by atoms with Crippen molar-refractivity contribution in [3.8, 4) is 11.3 Å². The number of aromatic nitrogens is 2. The molecule has 2 aromatic rings. The zero-order valence-corrected chi connectivity index (χ0v) is 13.5. The normalized spacial score (nSPS) is 11.5. The molecule has 0 saturated heterocycles. The summed E-state index contributed by atoms with van der Waals surface area (Å²) in [6.07, 6.45) is 0.390. The van der Waals surface area contributed by atoms with Crippen molar-refractivity contribution in [3.63, 3.8) is 0 Å². The Hall–Kier alpha value is -2.02. The molecule has 2 rings (SSSR count). The van der Waals surface area contributed by atoms with E-state index in [-0.39, 0.29) is 12.0 Å². The second-order valence-electron chi connectivity index (χ2n) is 6.17. The Bertz CT molecular complexity index is 667. The lowest BCUT2D eigenvalue weighted by Gasteiger charge is -2.27. The lowest BCUT2D eigenvalue weighted by atomic mass is 9.96. The van der Waals surface area contributed by atoms with Crippen molar-refractivity contribution in [2.75, 3.05) is 6.54 Å². The number of carboxylic acid groups (broad SMARTS) is 1. The highest BCUT2D eigenvalue weighted by Crippen LogP contribution is 2.25. The minimum absolute atomic E-state index is 0.145. The van der Waals surface area contributed by atoms with Gasteiger partial charge in [-0.3, -0.25) is 0 Å². The summed E-state index contributed by atoms with van der Waals surface area (Å²) < 4.78 is 13.6. The number of carbonyl (C=O) groups is 1. The predicted octanol–water partition coefficient (Wildman–Crippen LogP) is 3.87. The van der Waals surface area contributed by atoms with E-state index in [1.165, 1.54) is 22.4 Å². The molecule has 0 aliphatic heterocycles. The van der Waals surface area contributed by atoms with Crippen LogP contribution in [0.2, 0.25) is 0 Å². The van der Waals surface area contributed by atoms with E-state index in [4.69, 9.17) is 0 Å². The number of nitrogens with zero attached hydrogens (tertiary/aromatic N) is 3. The van der Waals surface area contributed by atoms with Crippen molar-refractivity contribution >= 4 is 17.4 Å². The molecule has 7 heteroatoms. The van der Waals surface area contributed by atoms with Gasteiger partial charge in [0.25, 0.3) is 0 Å². The standard InChI is InChI=1S/C15H18FN3O2S/c1-15(2,3)9-19(14(20)21)7-12-18-11(8-22-12)10-5-4-6-17-13(10)16/h4-6,8H,7,9H2,1-3H3,(H,20,21). The van der Waals surface area contributed by atoms with E-state index in [2.05, 4.69) is 9.97 Å². The van der Waals surface area contributed by atoms with E-state index in [1.54, 1.807) is 17.5 Å². The average molecular weight is 323 g/mol. The van der Waals surface area contributed by atoms with Gasteiger partial charge in [0.05, 0.1) is 17.8 Å². The van der Waals surface area contributed by atoms with E-state index < -0.39 is 12.0 Å². The second kappa shape index (κ2) is 6.39. The second-order valence-corrected chi connectivity index (χ2v) is 7.11. The third kappa shape index (κ3) is 4.24. The third-order valence-corrected chi connectivity index (χ3v) is 3.68. The highest BCUT2D eigenvalue weighted by Gasteiger charge is 2.22. The largest absolute Gasteiger partial charge is 0.465 e. The minimum atomic E-state index is -0.987. The zero-order chi connectivity index (χ0) is 16.3. The van der Waals surface area contributed by atoms with Crippen molar-refractivity contribution in [2.45, 2.75) is 27.3 Å². The lowest BCUT2D eigenvalue weighted by molar-refractivity contribution is 0.123. The summed E-state index contributed by atoms with van der Waals surface area (Å²) in [5.41, 5.74) is 0.655. The predicted molar refractivity (Wildman–Crippen MR) is 83.2 cm³/mol. The van der Waals surface area contributed by atoms with Crippen molar-refractivity contribution in [1.82, 2.24) is 14.9 Å². The third-order valence-electron chi connectivity index (χ3n) is 2.85. The number of rotatable bonds is 4. The van der Waals surface area contributed by atoms with Crippen LogP contribution in [0.25, 0.3) is 11.3 Å². The quantitative estimate of drug-likeness (QED) is 0.867. The topological polar surface area (TPSA) is 66.3 Å². The maximum absolute atomic E-state index is 13.6. The highest BCUT2D eigenvalue weighted by molar-refractivity contribution is 7.09. The molecule has 1 N–H and O–H groups in total. The Morgan fingerprint density at radius 2 is 2.18 bits per heavy atom. The van der Waals surface area contributed by atoms with Gasteiger partial charge in [-0.1, -0.05) is 20.8 Å². The zero-order valence-electron chi connectivity index (χ0n) is 12.7. The molecule has 1 amide bonds. The molecule has 0 atom stereocenters. The fourth-order valence-corrected chi connectivity index (χ4v) is 2.82. The Balaban J connectivity index is 2.17. The van der Waals surface area contributed by atoms with Crippen LogP contribution in [-0.4, -0.2) is 32.6 Å². The van der Waals surface area contributed by atoms with Crippen LogP contribution in [0.4, 0.5) is 9.18 Å². The van der Waals surface area contributed by atoms with Gasteiger partial charge in [0.2, 0.25) is 5.95 Å². The molecule has 0 fully saturated rings. The van der Waals surface area contributed by atoms with E-state index in [9.17, 15) is 14.3 Å².